The first-order valence-corrected chi connectivity index (χ1v) is 6.79. The summed E-state index contributed by atoms with van der Waals surface area (Å²) in [6, 6.07) is 5.90. The minimum absolute atomic E-state index is 0.0455. The van der Waals surface area contributed by atoms with Crippen LogP contribution in [0, 0.1) is 0 Å². The number of aromatic amines is 1. The van der Waals surface area contributed by atoms with Crippen molar-refractivity contribution in [1.29, 1.82) is 0 Å². The van der Waals surface area contributed by atoms with Crippen LogP contribution < -0.4 is 10.6 Å². The third-order valence-corrected chi connectivity index (χ3v) is 3.99. The van der Waals surface area contributed by atoms with Crippen LogP contribution in [0.15, 0.2) is 22.7 Å². The number of anilines is 1. The lowest BCUT2D eigenvalue weighted by Crippen LogP contribution is -2.05. The van der Waals surface area contributed by atoms with Crippen molar-refractivity contribution in [2.24, 2.45) is 0 Å². The van der Waals surface area contributed by atoms with Crippen molar-refractivity contribution in [3.05, 3.63) is 33.9 Å². The van der Waals surface area contributed by atoms with E-state index in [0.717, 1.165) is 39.2 Å². The molecule has 0 saturated heterocycles. The average Bonchev–Trinajstić information content (AvgIpc) is 2.92. The fourth-order valence-corrected chi connectivity index (χ4v) is 2.77. The smallest absolute Gasteiger partial charge is 0.228 e. The zero-order valence-corrected chi connectivity index (χ0v) is 12.0. The Morgan fingerprint density at radius 3 is 3.11 bits per heavy atom. The molecule has 19 heavy (non-hydrogen) atoms. The van der Waals surface area contributed by atoms with Crippen LogP contribution in [0.2, 0.25) is 0 Å². The van der Waals surface area contributed by atoms with Crippen LogP contribution in [0.4, 0.5) is 5.69 Å². The Labute approximate surface area is 118 Å². The lowest BCUT2D eigenvalue weighted by atomic mass is 10.1. The lowest BCUT2D eigenvalue weighted by Gasteiger charge is -2.02. The van der Waals surface area contributed by atoms with Crippen LogP contribution in [0.5, 0.6) is 0 Å². The molecule has 3 N–H and O–H groups in total. The van der Waals surface area contributed by atoms with Crippen LogP contribution >= 0.6 is 15.9 Å². The Hall–Kier alpha value is -1.66. The van der Waals surface area contributed by atoms with Crippen molar-refractivity contribution >= 4 is 27.5 Å². The van der Waals surface area contributed by atoms with E-state index in [1.807, 2.05) is 25.2 Å². The minimum atomic E-state index is 0.0455. The average molecular weight is 321 g/mol. The molecule has 2 heterocycles. The molecule has 0 atom stereocenters. The second-order valence-electron chi connectivity index (χ2n) is 4.49. The van der Waals surface area contributed by atoms with E-state index in [4.69, 9.17) is 0 Å². The Morgan fingerprint density at radius 1 is 1.47 bits per heavy atom. The largest absolute Gasteiger partial charge is 0.326 e. The third-order valence-electron chi connectivity index (χ3n) is 3.13. The number of amides is 1. The van der Waals surface area contributed by atoms with Crippen LogP contribution in [0.25, 0.3) is 11.3 Å². The maximum atomic E-state index is 11.4. The number of fused-ring (bicyclic) bond motifs is 1. The quantitative estimate of drug-likeness (QED) is 0.810. The number of aromatic nitrogens is 2. The van der Waals surface area contributed by atoms with Gasteiger partial charge in [-0.25, -0.2) is 0 Å². The number of H-pyrrole nitrogens is 1. The van der Waals surface area contributed by atoms with Crippen molar-refractivity contribution in [3.8, 4) is 11.3 Å². The van der Waals surface area contributed by atoms with Gasteiger partial charge in [-0.3, -0.25) is 9.89 Å². The molecule has 3 rings (SSSR count). The summed E-state index contributed by atoms with van der Waals surface area (Å²) >= 11 is 3.57. The van der Waals surface area contributed by atoms with E-state index in [0.29, 0.717) is 6.42 Å². The van der Waals surface area contributed by atoms with E-state index in [9.17, 15) is 4.79 Å². The SMILES string of the molecule is CNCc1[nH]nc(-c2ccc3c(c2)CC(=O)N3)c1Br. The van der Waals surface area contributed by atoms with Gasteiger partial charge >= 0.3 is 0 Å². The first-order valence-electron chi connectivity index (χ1n) is 5.99. The van der Waals surface area contributed by atoms with E-state index in [1.54, 1.807) is 0 Å². The highest BCUT2D eigenvalue weighted by atomic mass is 79.9. The minimum Gasteiger partial charge on any atom is -0.326 e. The molecule has 0 unspecified atom stereocenters. The number of hydrogen-bond donors (Lipinski definition) is 3. The van der Waals surface area contributed by atoms with Gasteiger partial charge in [0, 0.05) is 17.8 Å². The molecular formula is C13H13BrN4O. The van der Waals surface area contributed by atoms with Gasteiger partial charge < -0.3 is 10.6 Å². The summed E-state index contributed by atoms with van der Waals surface area (Å²) in [7, 11) is 1.89. The van der Waals surface area contributed by atoms with Crippen molar-refractivity contribution in [1.82, 2.24) is 15.5 Å². The van der Waals surface area contributed by atoms with E-state index in [-0.39, 0.29) is 5.91 Å². The van der Waals surface area contributed by atoms with Gasteiger partial charge in [0.05, 0.1) is 16.6 Å². The van der Waals surface area contributed by atoms with E-state index < -0.39 is 0 Å². The molecule has 0 bridgehead atoms. The maximum absolute atomic E-state index is 11.4. The molecule has 0 fully saturated rings. The zero-order chi connectivity index (χ0) is 13.4. The molecular weight excluding hydrogens is 308 g/mol. The third kappa shape index (κ3) is 2.17. The number of carbonyl (C=O) groups is 1. The predicted octanol–water partition coefficient (Wildman–Crippen LogP) is 2.05. The van der Waals surface area contributed by atoms with E-state index in [2.05, 4.69) is 36.8 Å². The number of rotatable bonds is 3. The Bertz CT molecular complexity index is 650. The summed E-state index contributed by atoms with van der Waals surface area (Å²) in [5.74, 6) is 0.0455. The molecule has 5 nitrogen and oxygen atoms in total. The number of nitrogens with zero attached hydrogens (tertiary/aromatic N) is 1. The summed E-state index contributed by atoms with van der Waals surface area (Å²) in [5.41, 5.74) is 4.80. The molecule has 1 amide bonds. The van der Waals surface area contributed by atoms with Gasteiger partial charge in [-0.2, -0.15) is 5.10 Å². The summed E-state index contributed by atoms with van der Waals surface area (Å²) < 4.78 is 0.957. The Morgan fingerprint density at radius 2 is 2.32 bits per heavy atom. The first-order chi connectivity index (χ1) is 9.19. The van der Waals surface area contributed by atoms with Crippen molar-refractivity contribution in [2.75, 3.05) is 12.4 Å². The molecule has 0 saturated carbocycles. The van der Waals surface area contributed by atoms with Gasteiger partial charge in [0.2, 0.25) is 5.91 Å². The topological polar surface area (TPSA) is 69.8 Å². The van der Waals surface area contributed by atoms with E-state index >= 15 is 0 Å². The summed E-state index contributed by atoms with van der Waals surface area (Å²) in [6.07, 6.45) is 0.439. The molecule has 0 aliphatic carbocycles. The zero-order valence-electron chi connectivity index (χ0n) is 10.4. The molecule has 0 spiro atoms. The molecule has 1 aromatic carbocycles. The lowest BCUT2D eigenvalue weighted by molar-refractivity contribution is -0.115. The summed E-state index contributed by atoms with van der Waals surface area (Å²) in [4.78, 5) is 11.4. The van der Waals surface area contributed by atoms with Crippen LogP contribution in [-0.2, 0) is 17.8 Å². The number of nitrogens with one attached hydrogen (secondary N) is 3. The van der Waals surface area contributed by atoms with Gasteiger partial charge in [-0.05, 0) is 40.7 Å². The predicted molar refractivity (Wildman–Crippen MR) is 76.8 cm³/mol. The highest BCUT2D eigenvalue weighted by molar-refractivity contribution is 9.10. The highest BCUT2D eigenvalue weighted by Crippen LogP contribution is 2.33. The normalized spacial score (nSPS) is 13.5. The number of carbonyl (C=O) groups excluding carboxylic acids is 1. The first kappa shape index (κ1) is 12.4. The fourth-order valence-electron chi connectivity index (χ4n) is 2.23. The fraction of sp³-hybridized carbons (Fsp3) is 0.231. The van der Waals surface area contributed by atoms with Gasteiger partial charge in [-0.15, -0.1) is 0 Å². The van der Waals surface area contributed by atoms with Crippen LogP contribution in [0.3, 0.4) is 0 Å². The molecule has 1 aromatic heterocycles. The van der Waals surface area contributed by atoms with Gasteiger partial charge in [0.15, 0.2) is 0 Å². The number of halogens is 1. The van der Waals surface area contributed by atoms with Crippen LogP contribution in [0.1, 0.15) is 11.3 Å². The Kier molecular flexibility index (Phi) is 3.12. The standard InChI is InChI=1S/C13H13BrN4O/c1-15-6-10-12(14)13(18-17-10)7-2-3-9-8(4-7)5-11(19)16-9/h2-4,15H,5-6H2,1H3,(H,16,19)(H,17,18). The Balaban J connectivity index is 1.99. The molecule has 2 aromatic rings. The van der Waals surface area contributed by atoms with Gasteiger partial charge in [-0.1, -0.05) is 6.07 Å². The second-order valence-corrected chi connectivity index (χ2v) is 5.28. The summed E-state index contributed by atoms with van der Waals surface area (Å²) in [5, 5.41) is 13.2. The number of benzene rings is 1. The van der Waals surface area contributed by atoms with E-state index in [1.165, 1.54) is 0 Å². The second kappa shape index (κ2) is 4.79. The molecule has 0 radical (unpaired) electrons. The van der Waals surface area contributed by atoms with Gasteiger partial charge in [0.1, 0.15) is 5.69 Å². The number of hydrogen-bond acceptors (Lipinski definition) is 3. The maximum Gasteiger partial charge on any atom is 0.228 e. The van der Waals surface area contributed by atoms with Crippen molar-refractivity contribution < 1.29 is 4.79 Å². The van der Waals surface area contributed by atoms with Crippen LogP contribution in [-0.4, -0.2) is 23.2 Å². The van der Waals surface area contributed by atoms with Crippen molar-refractivity contribution in [2.45, 2.75) is 13.0 Å². The van der Waals surface area contributed by atoms with Crippen molar-refractivity contribution in [3.63, 3.8) is 0 Å². The molecule has 1 aliphatic heterocycles. The summed E-state index contributed by atoms with van der Waals surface area (Å²) in [6.45, 7) is 0.721. The monoisotopic (exact) mass is 320 g/mol. The highest BCUT2D eigenvalue weighted by Gasteiger charge is 2.19. The molecule has 98 valence electrons. The van der Waals surface area contributed by atoms with Gasteiger partial charge in [0.25, 0.3) is 0 Å². The molecule has 1 aliphatic rings. The molecule has 6 heteroatoms.